The van der Waals surface area contributed by atoms with Crippen LogP contribution in [0.3, 0.4) is 0 Å². The number of nitrogens with one attached hydrogen (secondary N) is 2. The summed E-state index contributed by atoms with van der Waals surface area (Å²) >= 11 is 3.41. The molecule has 5 nitrogen and oxygen atoms in total. The summed E-state index contributed by atoms with van der Waals surface area (Å²) < 4.78 is 1.04. The van der Waals surface area contributed by atoms with Gasteiger partial charge in [-0.15, -0.1) is 5.10 Å². The monoisotopic (exact) mass is 335 g/mol. The Balaban J connectivity index is 1.96. The predicted molar refractivity (Wildman–Crippen MR) is 85.2 cm³/mol. The van der Waals surface area contributed by atoms with Gasteiger partial charge < -0.3 is 10.6 Å². The molecule has 20 heavy (non-hydrogen) atoms. The van der Waals surface area contributed by atoms with E-state index in [4.69, 9.17) is 0 Å². The molecule has 0 atom stereocenters. The third-order valence-electron chi connectivity index (χ3n) is 2.68. The van der Waals surface area contributed by atoms with Crippen LogP contribution in [-0.2, 0) is 0 Å². The highest BCUT2D eigenvalue weighted by molar-refractivity contribution is 9.10. The lowest BCUT2D eigenvalue weighted by molar-refractivity contribution is 0.605. The van der Waals surface area contributed by atoms with E-state index in [0.29, 0.717) is 17.7 Å². The number of halogens is 1. The van der Waals surface area contributed by atoms with Crippen molar-refractivity contribution in [3.8, 4) is 0 Å². The minimum Gasteiger partial charge on any atom is -0.353 e. The van der Waals surface area contributed by atoms with Crippen LogP contribution in [-0.4, -0.2) is 21.7 Å². The Morgan fingerprint density at radius 3 is 2.65 bits per heavy atom. The quantitative estimate of drug-likeness (QED) is 0.839. The average molecular weight is 336 g/mol. The van der Waals surface area contributed by atoms with E-state index in [-0.39, 0.29) is 0 Å². The summed E-state index contributed by atoms with van der Waals surface area (Å²) in [6.07, 6.45) is 2.68. The lowest BCUT2D eigenvalue weighted by Crippen LogP contribution is -2.09. The Morgan fingerprint density at radius 1 is 1.20 bits per heavy atom. The first kappa shape index (κ1) is 14.7. The SMILES string of the molecule is CC(C)CCNc1nncc(Nc2ccc(Br)cc2)n1. The van der Waals surface area contributed by atoms with Gasteiger partial charge in [0.2, 0.25) is 5.95 Å². The fourth-order valence-corrected chi connectivity index (χ4v) is 1.86. The van der Waals surface area contributed by atoms with Crippen molar-refractivity contribution in [1.29, 1.82) is 0 Å². The summed E-state index contributed by atoms with van der Waals surface area (Å²) in [5.41, 5.74) is 0.960. The number of rotatable bonds is 6. The smallest absolute Gasteiger partial charge is 0.244 e. The van der Waals surface area contributed by atoms with Crippen molar-refractivity contribution in [1.82, 2.24) is 15.2 Å². The molecule has 0 aliphatic carbocycles. The van der Waals surface area contributed by atoms with Gasteiger partial charge in [0.1, 0.15) is 0 Å². The van der Waals surface area contributed by atoms with Crippen molar-refractivity contribution in [2.75, 3.05) is 17.2 Å². The van der Waals surface area contributed by atoms with E-state index < -0.39 is 0 Å². The zero-order chi connectivity index (χ0) is 14.4. The number of nitrogens with zero attached hydrogens (tertiary/aromatic N) is 3. The Labute approximate surface area is 127 Å². The molecule has 0 unspecified atom stereocenters. The fraction of sp³-hybridized carbons (Fsp3) is 0.357. The molecule has 1 heterocycles. The van der Waals surface area contributed by atoms with Crippen LogP contribution in [0.25, 0.3) is 0 Å². The molecule has 2 rings (SSSR count). The Hall–Kier alpha value is -1.69. The predicted octanol–water partition coefficient (Wildman–Crippen LogP) is 3.84. The normalized spacial score (nSPS) is 10.6. The molecule has 0 amide bonds. The van der Waals surface area contributed by atoms with Crippen LogP contribution >= 0.6 is 15.9 Å². The molecule has 1 aromatic carbocycles. The summed E-state index contributed by atoms with van der Waals surface area (Å²) in [5, 5.41) is 14.3. The van der Waals surface area contributed by atoms with Gasteiger partial charge in [-0.05, 0) is 36.6 Å². The first-order chi connectivity index (χ1) is 9.63. The van der Waals surface area contributed by atoms with E-state index in [2.05, 4.69) is 55.6 Å². The minimum atomic E-state index is 0.549. The molecular weight excluding hydrogens is 318 g/mol. The molecule has 0 aliphatic rings. The molecule has 1 aromatic heterocycles. The first-order valence-corrected chi connectivity index (χ1v) is 7.39. The van der Waals surface area contributed by atoms with Crippen LogP contribution in [0.4, 0.5) is 17.5 Å². The average Bonchev–Trinajstić information content (AvgIpc) is 2.41. The molecule has 0 radical (unpaired) electrons. The van der Waals surface area contributed by atoms with E-state index >= 15 is 0 Å². The van der Waals surface area contributed by atoms with Gasteiger partial charge in [0.25, 0.3) is 0 Å². The van der Waals surface area contributed by atoms with Crippen LogP contribution in [0.1, 0.15) is 20.3 Å². The van der Waals surface area contributed by atoms with Crippen molar-refractivity contribution in [2.24, 2.45) is 5.92 Å². The second-order valence-corrected chi connectivity index (χ2v) is 5.82. The number of hydrogen-bond acceptors (Lipinski definition) is 5. The minimum absolute atomic E-state index is 0.549. The van der Waals surface area contributed by atoms with Crippen LogP contribution in [0, 0.1) is 5.92 Å². The molecule has 6 heteroatoms. The molecule has 0 saturated heterocycles. The highest BCUT2D eigenvalue weighted by Gasteiger charge is 2.01. The van der Waals surface area contributed by atoms with Gasteiger partial charge in [0.05, 0.1) is 6.20 Å². The summed E-state index contributed by atoms with van der Waals surface area (Å²) in [7, 11) is 0. The highest BCUT2D eigenvalue weighted by Crippen LogP contribution is 2.17. The van der Waals surface area contributed by atoms with Crippen molar-refractivity contribution in [2.45, 2.75) is 20.3 Å². The van der Waals surface area contributed by atoms with E-state index in [1.165, 1.54) is 0 Å². The summed E-state index contributed by atoms with van der Waals surface area (Å²) in [4.78, 5) is 4.38. The van der Waals surface area contributed by atoms with Gasteiger partial charge in [-0.2, -0.15) is 10.1 Å². The molecule has 2 aromatic rings. The number of anilines is 3. The molecule has 0 fully saturated rings. The zero-order valence-electron chi connectivity index (χ0n) is 11.6. The number of benzene rings is 1. The maximum Gasteiger partial charge on any atom is 0.244 e. The molecule has 0 spiro atoms. The molecule has 2 N–H and O–H groups in total. The largest absolute Gasteiger partial charge is 0.353 e. The second kappa shape index (κ2) is 7.19. The second-order valence-electron chi connectivity index (χ2n) is 4.91. The Kier molecular flexibility index (Phi) is 5.29. The van der Waals surface area contributed by atoms with E-state index in [9.17, 15) is 0 Å². The van der Waals surface area contributed by atoms with Crippen LogP contribution in [0.5, 0.6) is 0 Å². The van der Waals surface area contributed by atoms with Gasteiger partial charge in [-0.3, -0.25) is 0 Å². The summed E-state index contributed by atoms with van der Waals surface area (Å²) in [6, 6.07) is 7.88. The van der Waals surface area contributed by atoms with E-state index in [1.807, 2.05) is 24.3 Å². The van der Waals surface area contributed by atoms with Crippen LogP contribution in [0.2, 0.25) is 0 Å². The van der Waals surface area contributed by atoms with E-state index in [1.54, 1.807) is 6.20 Å². The van der Waals surface area contributed by atoms with Crippen molar-refractivity contribution >= 4 is 33.4 Å². The third kappa shape index (κ3) is 4.77. The Bertz CT molecular complexity index is 542. The number of hydrogen-bond donors (Lipinski definition) is 2. The molecule has 0 saturated carbocycles. The lowest BCUT2D eigenvalue weighted by Gasteiger charge is -2.08. The first-order valence-electron chi connectivity index (χ1n) is 6.59. The van der Waals surface area contributed by atoms with Crippen LogP contribution < -0.4 is 10.6 Å². The number of aromatic nitrogens is 3. The molecular formula is C14H18BrN5. The molecule has 106 valence electrons. The van der Waals surface area contributed by atoms with Crippen LogP contribution in [0.15, 0.2) is 34.9 Å². The van der Waals surface area contributed by atoms with Gasteiger partial charge in [-0.25, -0.2) is 0 Å². The van der Waals surface area contributed by atoms with Gasteiger partial charge in [0, 0.05) is 16.7 Å². The van der Waals surface area contributed by atoms with Crippen molar-refractivity contribution in [3.05, 3.63) is 34.9 Å². The van der Waals surface area contributed by atoms with Crippen molar-refractivity contribution in [3.63, 3.8) is 0 Å². The zero-order valence-corrected chi connectivity index (χ0v) is 13.2. The molecule has 0 bridgehead atoms. The van der Waals surface area contributed by atoms with E-state index in [0.717, 1.165) is 23.1 Å². The van der Waals surface area contributed by atoms with Gasteiger partial charge >= 0.3 is 0 Å². The fourth-order valence-electron chi connectivity index (χ4n) is 1.59. The lowest BCUT2D eigenvalue weighted by atomic mass is 10.1. The van der Waals surface area contributed by atoms with Crippen molar-refractivity contribution < 1.29 is 0 Å². The Morgan fingerprint density at radius 2 is 1.95 bits per heavy atom. The topological polar surface area (TPSA) is 62.7 Å². The maximum atomic E-state index is 4.38. The summed E-state index contributed by atoms with van der Waals surface area (Å²) in [6.45, 7) is 5.22. The highest BCUT2D eigenvalue weighted by atomic mass is 79.9. The maximum absolute atomic E-state index is 4.38. The van der Waals surface area contributed by atoms with Gasteiger partial charge in [-0.1, -0.05) is 29.8 Å². The third-order valence-corrected chi connectivity index (χ3v) is 3.21. The summed E-state index contributed by atoms with van der Waals surface area (Å²) in [5.74, 6) is 1.88. The standard InChI is InChI=1S/C14H18BrN5/c1-10(2)7-8-16-14-19-13(9-17-20-14)18-12-5-3-11(15)4-6-12/h3-6,9-10H,7-8H2,1-2H3,(H2,16,18,19,20). The molecule has 0 aliphatic heterocycles. The van der Waals surface area contributed by atoms with Gasteiger partial charge in [0.15, 0.2) is 5.82 Å².